The second-order valence-corrected chi connectivity index (χ2v) is 6.79. The lowest BCUT2D eigenvalue weighted by Crippen LogP contribution is -2.26. The fourth-order valence-electron chi connectivity index (χ4n) is 3.32. The molecule has 1 amide bonds. The van der Waals surface area contributed by atoms with Crippen LogP contribution in [-0.4, -0.2) is 39.3 Å². The van der Waals surface area contributed by atoms with Gasteiger partial charge in [-0.15, -0.1) is 0 Å². The first kappa shape index (κ1) is 20.5. The van der Waals surface area contributed by atoms with E-state index in [1.807, 2.05) is 0 Å². The molecule has 2 aromatic heterocycles. The third kappa shape index (κ3) is 4.13. The molecule has 0 spiro atoms. The Balaban J connectivity index is 1.83. The molecule has 158 valence electrons. The van der Waals surface area contributed by atoms with E-state index in [0.29, 0.717) is 39.0 Å². The number of aliphatic hydroxyl groups is 1. The summed E-state index contributed by atoms with van der Waals surface area (Å²) in [5, 5.41) is 19.1. The Kier molecular flexibility index (Phi) is 5.43. The summed E-state index contributed by atoms with van der Waals surface area (Å²) >= 11 is 0. The van der Waals surface area contributed by atoms with Crippen LogP contribution in [0.4, 0.5) is 13.2 Å². The van der Waals surface area contributed by atoms with Gasteiger partial charge in [-0.25, -0.2) is 0 Å². The van der Waals surface area contributed by atoms with Crippen molar-refractivity contribution in [3.8, 4) is 22.5 Å². The summed E-state index contributed by atoms with van der Waals surface area (Å²) in [5.74, 6) is -0.353. The predicted octanol–water partition coefficient (Wildman–Crippen LogP) is 4.03. The number of fused-ring (bicyclic) bond motifs is 1. The number of benzene rings is 2. The number of aliphatic hydroxyl groups excluding tert-OH is 1. The number of halogens is 3. The lowest BCUT2D eigenvalue weighted by Gasteiger charge is -2.09. The van der Waals surface area contributed by atoms with E-state index >= 15 is 0 Å². The summed E-state index contributed by atoms with van der Waals surface area (Å²) in [6.07, 6.45) is -2.91. The van der Waals surface area contributed by atoms with Gasteiger partial charge >= 0.3 is 6.18 Å². The van der Waals surface area contributed by atoms with Crippen molar-refractivity contribution >= 4 is 16.8 Å². The first-order valence-corrected chi connectivity index (χ1v) is 9.38. The van der Waals surface area contributed by atoms with E-state index in [1.54, 1.807) is 42.6 Å². The number of aromatic amines is 1. The van der Waals surface area contributed by atoms with Crippen LogP contribution >= 0.6 is 0 Å². The monoisotopic (exact) mass is 426 g/mol. The second-order valence-electron chi connectivity index (χ2n) is 6.79. The van der Waals surface area contributed by atoms with Crippen molar-refractivity contribution in [2.75, 3.05) is 13.2 Å². The number of nitrogens with one attached hydrogen (secondary N) is 2. The minimum absolute atomic E-state index is 0.123. The number of alkyl halides is 3. The van der Waals surface area contributed by atoms with Crippen LogP contribution in [0.25, 0.3) is 33.4 Å². The highest BCUT2D eigenvalue weighted by atomic mass is 19.4. The van der Waals surface area contributed by atoms with Crippen LogP contribution in [-0.2, 0) is 6.18 Å². The lowest BCUT2D eigenvalue weighted by atomic mass is 10.00. The predicted molar refractivity (Wildman–Crippen MR) is 109 cm³/mol. The fourth-order valence-corrected chi connectivity index (χ4v) is 3.32. The summed E-state index contributed by atoms with van der Waals surface area (Å²) in [6.45, 7) is -0.0556. The van der Waals surface area contributed by atoms with Gasteiger partial charge in [0.15, 0.2) is 0 Å². The van der Waals surface area contributed by atoms with Gasteiger partial charge in [0.05, 0.1) is 28.8 Å². The maximum Gasteiger partial charge on any atom is 0.416 e. The van der Waals surface area contributed by atoms with Crippen molar-refractivity contribution < 1.29 is 23.1 Å². The second kappa shape index (κ2) is 8.19. The molecule has 31 heavy (non-hydrogen) atoms. The van der Waals surface area contributed by atoms with Crippen molar-refractivity contribution in [1.82, 2.24) is 20.5 Å². The Morgan fingerprint density at radius 3 is 2.52 bits per heavy atom. The summed E-state index contributed by atoms with van der Waals surface area (Å²) in [5.41, 5.74) is 1.93. The van der Waals surface area contributed by atoms with Gasteiger partial charge in [0, 0.05) is 29.4 Å². The smallest absolute Gasteiger partial charge is 0.395 e. The molecule has 0 saturated carbocycles. The van der Waals surface area contributed by atoms with Crippen molar-refractivity contribution in [2.24, 2.45) is 0 Å². The van der Waals surface area contributed by atoms with Crippen molar-refractivity contribution in [2.45, 2.75) is 6.18 Å². The van der Waals surface area contributed by atoms with Gasteiger partial charge in [0.1, 0.15) is 5.69 Å². The van der Waals surface area contributed by atoms with E-state index in [2.05, 4.69) is 20.5 Å². The molecule has 0 aliphatic heterocycles. The van der Waals surface area contributed by atoms with Crippen molar-refractivity contribution in [3.05, 3.63) is 71.9 Å². The van der Waals surface area contributed by atoms with Crippen molar-refractivity contribution in [3.63, 3.8) is 0 Å². The maximum atomic E-state index is 13.2. The van der Waals surface area contributed by atoms with Crippen LogP contribution in [0.3, 0.4) is 0 Å². The number of amides is 1. The minimum Gasteiger partial charge on any atom is -0.395 e. The third-order valence-corrected chi connectivity index (χ3v) is 4.73. The van der Waals surface area contributed by atoms with Gasteiger partial charge < -0.3 is 10.4 Å². The zero-order valence-corrected chi connectivity index (χ0v) is 16.1. The number of nitrogens with zero attached hydrogens (tertiary/aromatic N) is 2. The molecule has 0 aliphatic carbocycles. The third-order valence-electron chi connectivity index (χ3n) is 4.73. The van der Waals surface area contributed by atoms with E-state index < -0.39 is 11.7 Å². The molecule has 4 aromatic rings. The quantitative estimate of drug-likeness (QED) is 0.449. The molecule has 0 atom stereocenters. The highest BCUT2D eigenvalue weighted by Gasteiger charge is 2.31. The molecular formula is C22H17F3N4O2. The fraction of sp³-hybridized carbons (Fsp3) is 0.136. The Morgan fingerprint density at radius 1 is 1.03 bits per heavy atom. The standard InChI is InChI=1S/C22H17F3N4O2/c23-22(24,25)16-6-2-4-14(12-16)20-18-17(28-29-20)7-8-26-19(18)13-3-1-5-15(11-13)21(31)27-9-10-30/h1-8,11-12,30H,9-10H2,(H,27,31)(H,28,29). The van der Waals surface area contributed by atoms with Crippen molar-refractivity contribution in [1.29, 1.82) is 0 Å². The Bertz CT molecular complexity index is 1250. The normalized spacial score (nSPS) is 11.6. The molecule has 0 fully saturated rings. The topological polar surface area (TPSA) is 90.9 Å². The molecule has 2 aromatic carbocycles. The molecule has 2 heterocycles. The zero-order valence-electron chi connectivity index (χ0n) is 16.1. The molecule has 0 aliphatic rings. The van der Waals surface area contributed by atoms with Crippen LogP contribution in [0.15, 0.2) is 60.8 Å². The number of hydrogen-bond acceptors (Lipinski definition) is 4. The van der Waals surface area contributed by atoms with Gasteiger partial charge in [-0.3, -0.25) is 14.9 Å². The van der Waals surface area contributed by atoms with Crippen LogP contribution in [0, 0.1) is 0 Å². The number of H-pyrrole nitrogens is 1. The van der Waals surface area contributed by atoms with E-state index in [9.17, 15) is 18.0 Å². The highest BCUT2D eigenvalue weighted by Crippen LogP contribution is 2.36. The highest BCUT2D eigenvalue weighted by molar-refractivity contribution is 6.03. The van der Waals surface area contributed by atoms with Crippen LogP contribution in [0.2, 0.25) is 0 Å². The number of rotatable bonds is 5. The number of carbonyl (C=O) groups excluding carboxylic acids is 1. The maximum absolute atomic E-state index is 13.2. The molecule has 4 rings (SSSR count). The average Bonchev–Trinajstić information content (AvgIpc) is 3.21. The summed E-state index contributed by atoms with van der Waals surface area (Å²) in [4.78, 5) is 16.7. The Hall–Kier alpha value is -3.72. The zero-order chi connectivity index (χ0) is 22.0. The average molecular weight is 426 g/mol. The molecule has 0 radical (unpaired) electrons. The first-order valence-electron chi connectivity index (χ1n) is 9.38. The Morgan fingerprint density at radius 2 is 1.77 bits per heavy atom. The van der Waals surface area contributed by atoms with Gasteiger partial charge in [-0.05, 0) is 30.3 Å². The number of pyridine rings is 1. The summed E-state index contributed by atoms with van der Waals surface area (Å²) in [6, 6.07) is 13.3. The SMILES string of the molecule is O=C(NCCO)c1cccc(-c2nccc3[nH]nc(-c4cccc(C(F)(F)F)c4)c23)c1. The van der Waals surface area contributed by atoms with E-state index in [-0.39, 0.29) is 19.1 Å². The van der Waals surface area contributed by atoms with Gasteiger partial charge in [-0.2, -0.15) is 18.3 Å². The van der Waals surface area contributed by atoms with Crippen LogP contribution < -0.4 is 5.32 Å². The lowest BCUT2D eigenvalue weighted by molar-refractivity contribution is -0.137. The molecule has 9 heteroatoms. The van der Waals surface area contributed by atoms with Gasteiger partial charge in [-0.1, -0.05) is 24.3 Å². The first-order chi connectivity index (χ1) is 14.9. The van der Waals surface area contributed by atoms with Crippen LogP contribution in [0.5, 0.6) is 0 Å². The van der Waals surface area contributed by atoms with Crippen LogP contribution in [0.1, 0.15) is 15.9 Å². The largest absolute Gasteiger partial charge is 0.416 e. The molecule has 0 unspecified atom stereocenters. The molecule has 6 nitrogen and oxygen atoms in total. The number of hydrogen-bond donors (Lipinski definition) is 3. The van der Waals surface area contributed by atoms with Gasteiger partial charge in [0.25, 0.3) is 5.91 Å². The minimum atomic E-state index is -4.47. The van der Waals surface area contributed by atoms with E-state index in [0.717, 1.165) is 12.1 Å². The summed E-state index contributed by atoms with van der Waals surface area (Å²) in [7, 11) is 0. The number of carbonyl (C=O) groups is 1. The molecular weight excluding hydrogens is 409 g/mol. The summed E-state index contributed by atoms with van der Waals surface area (Å²) < 4.78 is 39.5. The molecule has 0 saturated heterocycles. The molecule has 3 N–H and O–H groups in total. The van der Waals surface area contributed by atoms with E-state index in [1.165, 1.54) is 6.07 Å². The Labute approximate surface area is 174 Å². The number of aromatic nitrogens is 3. The van der Waals surface area contributed by atoms with Gasteiger partial charge in [0.2, 0.25) is 0 Å². The van der Waals surface area contributed by atoms with E-state index in [4.69, 9.17) is 5.11 Å². The molecule has 0 bridgehead atoms.